The molecule has 0 aliphatic rings. The maximum absolute atomic E-state index is 13.3. The number of rotatable bonds is 8. The van der Waals surface area contributed by atoms with Crippen LogP contribution in [0.15, 0.2) is 89.9 Å². The molecule has 0 spiro atoms. The smallest absolute Gasteiger partial charge is 0.414 e. The van der Waals surface area contributed by atoms with E-state index in [0.717, 1.165) is 22.3 Å². The van der Waals surface area contributed by atoms with Gasteiger partial charge in [0.25, 0.3) is 10.1 Å². The highest BCUT2D eigenvalue weighted by Gasteiger charge is 2.24. The van der Waals surface area contributed by atoms with Gasteiger partial charge in [0.15, 0.2) is 0 Å². The number of nitrogens with zero attached hydrogens (tertiary/aromatic N) is 4. The first kappa shape index (κ1) is 22.4. The summed E-state index contributed by atoms with van der Waals surface area (Å²) in [6.45, 7) is 4.25. The Balaban J connectivity index is 1.37. The summed E-state index contributed by atoms with van der Waals surface area (Å²) in [7, 11) is -4.69. The number of amides is 1. The number of aromatic nitrogens is 3. The Bertz CT molecular complexity index is 2020. The van der Waals surface area contributed by atoms with E-state index in [1.807, 2.05) is 46.9 Å². The van der Waals surface area contributed by atoms with Gasteiger partial charge in [-0.25, -0.2) is 14.8 Å². The molecule has 0 saturated heterocycles. The summed E-state index contributed by atoms with van der Waals surface area (Å²) in [5.74, 6) is 0.549. The molecule has 0 atom stereocenters. The van der Waals surface area contributed by atoms with Crippen molar-refractivity contribution < 1.29 is 29.0 Å². The molecule has 0 N–H and O–H groups in total. The Labute approximate surface area is 246 Å². The standard InChI is InChI=1S/C31H32N4O5S/c1-22-10-16-25(17-11-22)41(37,38)39-21-7-20-34(30(36)40-31(2,3)4)24-14-12-23(13-15-24)27-18-19-32-29-33-26-8-5-6-9-28(26)35(27)29/h5-6,8-19H,7,20-21H2,1-4H3/i1T,10T,11T,16T,17T. The van der Waals surface area contributed by atoms with E-state index in [9.17, 15) is 13.2 Å². The summed E-state index contributed by atoms with van der Waals surface area (Å²) >= 11 is 0. The van der Waals surface area contributed by atoms with Gasteiger partial charge >= 0.3 is 6.09 Å². The summed E-state index contributed by atoms with van der Waals surface area (Å²) in [5.41, 5.74) is 2.87. The fourth-order valence-corrected chi connectivity index (χ4v) is 4.98. The fraction of sp³-hybridized carbons (Fsp3) is 0.258. The average molecular weight is 583 g/mol. The molecule has 5 rings (SSSR count). The molecule has 2 aromatic heterocycles. The maximum atomic E-state index is 13.3. The molecule has 0 radical (unpaired) electrons. The average Bonchev–Trinajstić information content (AvgIpc) is 3.39. The van der Waals surface area contributed by atoms with Crippen LogP contribution in [0.25, 0.3) is 28.1 Å². The predicted molar refractivity (Wildman–Crippen MR) is 158 cm³/mol. The normalized spacial score (nSPS) is 13.8. The van der Waals surface area contributed by atoms with E-state index in [0.29, 0.717) is 11.5 Å². The van der Waals surface area contributed by atoms with Crippen LogP contribution in [0.1, 0.15) is 39.6 Å². The SMILES string of the molecule is [3H]Cc1c([3H])c([3H])c(S(=O)(=O)OCCCN(C(=O)OC(C)(C)C)c2ccc(-c3ccnc4nc5ccccc5n34)cc2)c([3H])c1[3H]. The van der Waals surface area contributed by atoms with E-state index in [1.165, 1.54) is 4.90 Å². The van der Waals surface area contributed by atoms with E-state index < -0.39 is 64.4 Å². The minimum absolute atomic E-state index is 0.00206. The lowest BCUT2D eigenvalue weighted by Gasteiger charge is -2.27. The Morgan fingerprint density at radius 2 is 1.78 bits per heavy atom. The number of carbonyl (C=O) groups excluding carboxylic acids is 1. The zero-order chi connectivity index (χ0) is 33.4. The number of carbonyl (C=O) groups is 1. The number of imidazole rings is 1. The summed E-state index contributed by atoms with van der Waals surface area (Å²) < 4.78 is 78.1. The molecule has 2 heterocycles. The molecular formula is C31H32N4O5S. The van der Waals surface area contributed by atoms with Crippen molar-refractivity contribution in [2.24, 2.45) is 0 Å². The number of ether oxygens (including phenoxy) is 1. The quantitative estimate of drug-likeness (QED) is 0.154. The second kappa shape index (κ2) is 11.3. The third kappa shape index (κ3) is 6.39. The van der Waals surface area contributed by atoms with Crippen LogP contribution in [0, 0.1) is 6.90 Å². The Morgan fingerprint density at radius 1 is 1.05 bits per heavy atom. The third-order valence-electron chi connectivity index (χ3n) is 5.96. The molecule has 212 valence electrons. The highest BCUT2D eigenvalue weighted by Crippen LogP contribution is 2.28. The van der Waals surface area contributed by atoms with Crippen molar-refractivity contribution in [3.63, 3.8) is 0 Å². The van der Waals surface area contributed by atoms with Gasteiger partial charge in [0.05, 0.1) is 33.7 Å². The molecule has 0 fully saturated rings. The van der Waals surface area contributed by atoms with Gasteiger partial charge in [-0.2, -0.15) is 8.42 Å². The molecule has 0 aliphatic heterocycles. The monoisotopic (exact) mass is 582 g/mol. The van der Waals surface area contributed by atoms with Gasteiger partial charge in [0, 0.05) is 19.8 Å². The summed E-state index contributed by atoms with van der Waals surface area (Å²) in [4.78, 5) is 22.7. The van der Waals surface area contributed by atoms with Gasteiger partial charge in [-0.1, -0.05) is 41.9 Å². The summed E-state index contributed by atoms with van der Waals surface area (Å²) in [6, 6.07) is 14.0. The first-order valence-corrected chi connectivity index (χ1v) is 14.3. The topological polar surface area (TPSA) is 103 Å². The van der Waals surface area contributed by atoms with E-state index in [4.69, 9.17) is 15.8 Å². The lowest BCUT2D eigenvalue weighted by atomic mass is 10.1. The van der Waals surface area contributed by atoms with Gasteiger partial charge in [-0.05, 0) is 82.1 Å². The molecule has 41 heavy (non-hydrogen) atoms. The lowest BCUT2D eigenvalue weighted by Crippen LogP contribution is -2.38. The van der Waals surface area contributed by atoms with Crippen LogP contribution in [0.2, 0.25) is 0 Å². The number of anilines is 1. The van der Waals surface area contributed by atoms with Crippen LogP contribution < -0.4 is 4.90 Å². The van der Waals surface area contributed by atoms with Crippen molar-refractivity contribution in [1.82, 2.24) is 14.4 Å². The fourth-order valence-electron chi connectivity index (χ4n) is 4.17. The number of benzene rings is 3. The van der Waals surface area contributed by atoms with Crippen molar-refractivity contribution >= 4 is 38.7 Å². The summed E-state index contributed by atoms with van der Waals surface area (Å²) in [6.07, 6.45) is 1.05. The molecule has 9 nitrogen and oxygen atoms in total. The minimum Gasteiger partial charge on any atom is -0.443 e. The van der Waals surface area contributed by atoms with E-state index in [2.05, 4.69) is 9.97 Å². The number of para-hydroxylation sites is 2. The van der Waals surface area contributed by atoms with Crippen LogP contribution in [0.5, 0.6) is 0 Å². The second-order valence-corrected chi connectivity index (χ2v) is 11.7. The molecule has 10 heteroatoms. The molecule has 0 aliphatic carbocycles. The van der Waals surface area contributed by atoms with E-state index in [1.54, 1.807) is 39.1 Å². The van der Waals surface area contributed by atoms with Crippen LogP contribution in [-0.4, -0.2) is 47.6 Å². The molecule has 1 amide bonds. The molecular weight excluding hydrogens is 540 g/mol. The van der Waals surface area contributed by atoms with Crippen LogP contribution in [0.3, 0.4) is 0 Å². The Hall–Kier alpha value is -4.28. The molecule has 3 aromatic carbocycles. The van der Waals surface area contributed by atoms with Gasteiger partial charge in [0.2, 0.25) is 5.78 Å². The van der Waals surface area contributed by atoms with Gasteiger partial charge in [0.1, 0.15) is 5.60 Å². The maximum Gasteiger partial charge on any atom is 0.414 e. The summed E-state index contributed by atoms with van der Waals surface area (Å²) in [5, 5.41) is 0. The zero-order valence-corrected chi connectivity index (χ0v) is 23.7. The zero-order valence-electron chi connectivity index (χ0n) is 27.8. The highest BCUT2D eigenvalue weighted by molar-refractivity contribution is 7.86. The first-order valence-electron chi connectivity index (χ1n) is 15.5. The van der Waals surface area contributed by atoms with Crippen LogP contribution in [0.4, 0.5) is 10.5 Å². The molecule has 0 unspecified atom stereocenters. The van der Waals surface area contributed by atoms with Crippen molar-refractivity contribution in [1.29, 1.82) is 0 Å². The van der Waals surface area contributed by atoms with Gasteiger partial charge in [-0.3, -0.25) is 13.5 Å². The van der Waals surface area contributed by atoms with Gasteiger partial charge in [-0.15, -0.1) is 0 Å². The van der Waals surface area contributed by atoms with E-state index in [-0.39, 0.29) is 18.5 Å². The molecule has 5 aromatic rings. The third-order valence-corrected chi connectivity index (χ3v) is 7.14. The predicted octanol–water partition coefficient (Wildman–Crippen LogP) is 6.40. The minimum atomic E-state index is -4.69. The first-order chi connectivity index (χ1) is 21.7. The highest BCUT2D eigenvalue weighted by atomic mass is 32.2. The number of hydrogen-bond acceptors (Lipinski definition) is 7. The lowest BCUT2D eigenvalue weighted by molar-refractivity contribution is 0.0579. The van der Waals surface area contributed by atoms with E-state index >= 15 is 0 Å². The number of hydrogen-bond donors (Lipinski definition) is 0. The van der Waals surface area contributed by atoms with Crippen LogP contribution in [-0.2, 0) is 19.0 Å². The molecule has 0 saturated carbocycles. The van der Waals surface area contributed by atoms with Crippen molar-refractivity contribution in [3.8, 4) is 11.3 Å². The second-order valence-electron chi connectivity index (χ2n) is 10.2. The van der Waals surface area contributed by atoms with Crippen molar-refractivity contribution in [2.45, 2.75) is 44.6 Å². The van der Waals surface area contributed by atoms with Crippen molar-refractivity contribution in [2.75, 3.05) is 18.1 Å². The Morgan fingerprint density at radius 3 is 2.49 bits per heavy atom. The molecule has 0 bridgehead atoms. The van der Waals surface area contributed by atoms with Gasteiger partial charge < -0.3 is 4.74 Å². The largest absolute Gasteiger partial charge is 0.443 e. The Kier molecular flexibility index (Phi) is 6.18. The number of fused-ring (bicyclic) bond motifs is 3. The van der Waals surface area contributed by atoms with Crippen LogP contribution >= 0.6 is 0 Å². The van der Waals surface area contributed by atoms with Crippen molar-refractivity contribution in [3.05, 3.63) is 90.5 Å².